The molecule has 1 aliphatic heterocycles. The molecule has 0 saturated carbocycles. The molecule has 1 aliphatic rings. The van der Waals surface area contributed by atoms with Crippen molar-refractivity contribution in [3.8, 4) is 0 Å². The molecule has 0 amide bonds. The second kappa shape index (κ2) is 10.3. The van der Waals surface area contributed by atoms with Gasteiger partial charge in [0.15, 0.2) is 17.1 Å². The molecule has 6 N–H and O–H groups in total. The number of halogens is 5. The first-order valence-electron chi connectivity index (χ1n) is 9.73. The SMILES string of the molecule is NC(=C(Cc1ccc(S(N)(=O)=O)cc1)C(=NC1NC(C(=O)O)=CS1)C(F)(F)F)c1ccc(F)c(F)c1. The number of primary sulfonamides is 1. The largest absolute Gasteiger partial charge is 0.477 e. The van der Waals surface area contributed by atoms with Gasteiger partial charge in [-0.2, -0.15) is 13.2 Å². The number of rotatable bonds is 7. The van der Waals surface area contributed by atoms with E-state index in [1.54, 1.807) is 0 Å². The number of hydrogen-bond acceptors (Lipinski definition) is 7. The maximum Gasteiger partial charge on any atom is 0.433 e. The molecular formula is C21H17F5N4O4S2. The highest BCUT2D eigenvalue weighted by Gasteiger charge is 2.40. The van der Waals surface area contributed by atoms with Crippen molar-refractivity contribution in [1.82, 2.24) is 5.32 Å². The summed E-state index contributed by atoms with van der Waals surface area (Å²) in [6.45, 7) is 0. The summed E-state index contributed by atoms with van der Waals surface area (Å²) in [7, 11) is -4.07. The monoisotopic (exact) mass is 548 g/mol. The maximum absolute atomic E-state index is 14.2. The lowest BCUT2D eigenvalue weighted by molar-refractivity contribution is -0.133. The highest BCUT2D eigenvalue weighted by molar-refractivity contribution is 8.03. The molecule has 8 nitrogen and oxygen atoms in total. The first-order valence-corrected chi connectivity index (χ1v) is 12.2. The van der Waals surface area contributed by atoms with Gasteiger partial charge in [0.2, 0.25) is 10.0 Å². The smallest absolute Gasteiger partial charge is 0.433 e. The van der Waals surface area contributed by atoms with Crippen molar-refractivity contribution >= 4 is 39.2 Å². The van der Waals surface area contributed by atoms with E-state index in [0.29, 0.717) is 23.9 Å². The number of aliphatic imine (C=N–C) groups is 1. The lowest BCUT2D eigenvalue weighted by Gasteiger charge is -2.20. The predicted molar refractivity (Wildman–Crippen MR) is 123 cm³/mol. The van der Waals surface area contributed by atoms with E-state index in [1.165, 1.54) is 12.1 Å². The van der Waals surface area contributed by atoms with Crippen LogP contribution in [0, 0.1) is 11.6 Å². The van der Waals surface area contributed by atoms with Gasteiger partial charge in [-0.25, -0.2) is 32.1 Å². The standard InChI is InChI=1S/C21H17F5N4O4S2/c22-14-6-3-11(8-15(14)23)17(27)13(7-10-1-4-12(5-2-10)36(28,33)34)18(21(24,25)26)30-20-29-16(9-35-20)19(31)32/h1-6,8-9,20,29H,7,27H2,(H,31,32)(H2,28,33,34). The summed E-state index contributed by atoms with van der Waals surface area (Å²) in [4.78, 5) is 14.4. The molecule has 0 aliphatic carbocycles. The number of nitrogens with one attached hydrogen (secondary N) is 1. The number of nitrogens with zero attached hydrogens (tertiary/aromatic N) is 1. The lowest BCUT2D eigenvalue weighted by atomic mass is 9.95. The fourth-order valence-corrected chi connectivity index (χ4v) is 4.40. The Labute approximate surface area is 205 Å². The van der Waals surface area contributed by atoms with Gasteiger partial charge in [0, 0.05) is 28.7 Å². The van der Waals surface area contributed by atoms with E-state index in [1.807, 2.05) is 0 Å². The van der Waals surface area contributed by atoms with Crippen LogP contribution in [0.3, 0.4) is 0 Å². The quantitative estimate of drug-likeness (QED) is 0.307. The molecule has 2 aromatic carbocycles. The minimum atomic E-state index is -5.10. The third-order valence-corrected chi connectivity index (χ3v) is 6.60. The van der Waals surface area contributed by atoms with Crippen molar-refractivity contribution in [2.75, 3.05) is 0 Å². The van der Waals surface area contributed by atoms with E-state index in [0.717, 1.165) is 23.6 Å². The molecule has 0 radical (unpaired) electrons. The molecule has 192 valence electrons. The van der Waals surface area contributed by atoms with E-state index in [9.17, 15) is 35.2 Å². The molecule has 1 heterocycles. The zero-order valence-electron chi connectivity index (χ0n) is 17.9. The fraction of sp³-hybridized carbons (Fsp3) is 0.143. The first-order chi connectivity index (χ1) is 16.7. The van der Waals surface area contributed by atoms with Gasteiger partial charge in [0.05, 0.1) is 4.90 Å². The molecule has 0 spiro atoms. The van der Waals surface area contributed by atoms with Gasteiger partial charge in [0.25, 0.3) is 0 Å². The Hall–Kier alpha value is -3.43. The molecule has 3 rings (SSSR count). The van der Waals surface area contributed by atoms with E-state index in [-0.39, 0.29) is 21.7 Å². The molecule has 0 fully saturated rings. The number of thioether (sulfide) groups is 1. The molecule has 36 heavy (non-hydrogen) atoms. The molecule has 0 saturated heterocycles. The number of alkyl halides is 3. The minimum Gasteiger partial charge on any atom is -0.477 e. The van der Waals surface area contributed by atoms with E-state index >= 15 is 0 Å². The van der Waals surface area contributed by atoms with Gasteiger partial charge >= 0.3 is 12.1 Å². The zero-order valence-corrected chi connectivity index (χ0v) is 19.5. The predicted octanol–water partition coefficient (Wildman–Crippen LogP) is 3.07. The Kier molecular flexibility index (Phi) is 7.76. The van der Waals surface area contributed by atoms with Crippen LogP contribution in [0.4, 0.5) is 22.0 Å². The summed E-state index contributed by atoms with van der Waals surface area (Å²) in [6.07, 6.45) is -5.65. The van der Waals surface area contributed by atoms with Crippen LogP contribution in [-0.4, -0.2) is 36.9 Å². The van der Waals surface area contributed by atoms with Gasteiger partial charge in [-0.3, -0.25) is 0 Å². The molecule has 15 heteroatoms. The van der Waals surface area contributed by atoms with Crippen LogP contribution in [0.15, 0.2) is 69.0 Å². The number of sulfonamides is 1. The van der Waals surface area contributed by atoms with E-state index in [2.05, 4.69) is 10.3 Å². The number of aliphatic carboxylic acids is 1. The zero-order chi connectivity index (χ0) is 26.8. The van der Waals surface area contributed by atoms with Crippen LogP contribution in [0.25, 0.3) is 5.70 Å². The Morgan fingerprint density at radius 2 is 1.75 bits per heavy atom. The number of benzene rings is 2. The third-order valence-electron chi connectivity index (χ3n) is 4.81. The highest BCUT2D eigenvalue weighted by Crippen LogP contribution is 2.32. The molecule has 2 aromatic rings. The Morgan fingerprint density at radius 1 is 1.11 bits per heavy atom. The summed E-state index contributed by atoms with van der Waals surface area (Å²) in [6, 6.07) is 6.87. The van der Waals surface area contributed by atoms with Crippen molar-refractivity contribution in [1.29, 1.82) is 0 Å². The van der Waals surface area contributed by atoms with Crippen molar-refractivity contribution < 1.29 is 40.3 Å². The Bertz CT molecular complexity index is 1390. The van der Waals surface area contributed by atoms with Gasteiger partial charge in [-0.15, -0.1) is 0 Å². The van der Waals surface area contributed by atoms with Crippen LogP contribution < -0.4 is 16.2 Å². The van der Waals surface area contributed by atoms with Crippen LogP contribution in [0.2, 0.25) is 0 Å². The fourth-order valence-electron chi connectivity index (χ4n) is 3.09. The topological polar surface area (TPSA) is 148 Å². The number of hydrogen-bond donors (Lipinski definition) is 4. The number of nitrogens with two attached hydrogens (primary N) is 2. The van der Waals surface area contributed by atoms with Gasteiger partial charge in [0.1, 0.15) is 11.4 Å². The Balaban J connectivity index is 2.14. The van der Waals surface area contributed by atoms with Crippen LogP contribution >= 0.6 is 11.8 Å². The normalized spacial score (nSPS) is 17.3. The number of carboxylic acid groups (broad SMARTS) is 1. The van der Waals surface area contributed by atoms with Crippen LogP contribution in [0.1, 0.15) is 11.1 Å². The van der Waals surface area contributed by atoms with Crippen molar-refractivity contribution in [2.45, 2.75) is 23.0 Å². The van der Waals surface area contributed by atoms with E-state index in [4.69, 9.17) is 16.0 Å². The molecule has 1 unspecified atom stereocenters. The maximum atomic E-state index is 14.2. The molecule has 1 atom stereocenters. The van der Waals surface area contributed by atoms with Gasteiger partial charge < -0.3 is 16.2 Å². The average molecular weight is 549 g/mol. The summed E-state index contributed by atoms with van der Waals surface area (Å²) >= 11 is 0.669. The number of carbonyl (C=O) groups is 1. The third kappa shape index (κ3) is 6.41. The summed E-state index contributed by atoms with van der Waals surface area (Å²) in [5.41, 5.74) is 1.47. The number of carboxylic acids is 1. The highest BCUT2D eigenvalue weighted by atomic mass is 32.2. The Morgan fingerprint density at radius 3 is 2.25 bits per heavy atom. The lowest BCUT2D eigenvalue weighted by Crippen LogP contribution is -2.32. The van der Waals surface area contributed by atoms with Crippen molar-refractivity contribution in [3.05, 3.63) is 81.9 Å². The molecule has 0 aromatic heterocycles. The second-order valence-electron chi connectivity index (χ2n) is 7.33. The summed E-state index contributed by atoms with van der Waals surface area (Å²) in [5, 5.41) is 17.5. The summed E-state index contributed by atoms with van der Waals surface area (Å²) in [5.74, 6) is -3.99. The summed E-state index contributed by atoms with van der Waals surface area (Å²) < 4.78 is 92.8. The second-order valence-corrected chi connectivity index (χ2v) is 9.85. The number of allylic oxidation sites excluding steroid dienone is 1. The van der Waals surface area contributed by atoms with Crippen molar-refractivity contribution in [2.24, 2.45) is 15.9 Å². The van der Waals surface area contributed by atoms with E-state index < -0.39 is 62.7 Å². The minimum absolute atomic E-state index is 0.163. The molecular weight excluding hydrogens is 531 g/mol. The van der Waals surface area contributed by atoms with Crippen LogP contribution in [0.5, 0.6) is 0 Å². The van der Waals surface area contributed by atoms with Crippen molar-refractivity contribution in [3.63, 3.8) is 0 Å². The average Bonchev–Trinajstić information content (AvgIpc) is 3.26. The van der Waals surface area contributed by atoms with Crippen LogP contribution in [-0.2, 0) is 21.2 Å². The first kappa shape index (κ1) is 27.2. The van der Waals surface area contributed by atoms with Gasteiger partial charge in [-0.1, -0.05) is 23.9 Å². The van der Waals surface area contributed by atoms with Gasteiger partial charge in [-0.05, 0) is 35.9 Å². The molecule has 0 bridgehead atoms.